The van der Waals surface area contributed by atoms with E-state index in [0.717, 1.165) is 18.5 Å². The zero-order valence-corrected chi connectivity index (χ0v) is 11.9. The Morgan fingerprint density at radius 1 is 1.30 bits per heavy atom. The first kappa shape index (κ1) is 15.9. The summed E-state index contributed by atoms with van der Waals surface area (Å²) >= 11 is 0. The average molecular weight is 279 g/mol. The van der Waals surface area contributed by atoms with Crippen LogP contribution in [0.2, 0.25) is 0 Å². The predicted octanol–water partition coefficient (Wildman–Crippen LogP) is 1.67. The molecule has 0 bridgehead atoms. The molecule has 0 unspecified atom stereocenters. The summed E-state index contributed by atoms with van der Waals surface area (Å²) in [6.45, 7) is 4.90. The Kier molecular flexibility index (Phi) is 6.49. The van der Waals surface area contributed by atoms with Gasteiger partial charge in [0.25, 0.3) is 0 Å². The molecule has 0 saturated carbocycles. The molecule has 6 nitrogen and oxygen atoms in total. The van der Waals surface area contributed by atoms with Gasteiger partial charge >= 0.3 is 5.97 Å². The standard InChI is InChI=1S/C14H21N3O3/c1-3-5-11-8-10(14(19)20)9-12(17-11)16-7-6-13(18)15-4-2/h8-9H,3-7H2,1-2H3,(H,15,18)(H,16,17)(H,19,20). The molecule has 0 aliphatic carbocycles. The average Bonchev–Trinajstić information content (AvgIpc) is 2.39. The number of pyridine rings is 1. The fourth-order valence-electron chi connectivity index (χ4n) is 1.78. The molecular weight excluding hydrogens is 258 g/mol. The van der Waals surface area contributed by atoms with Crippen LogP contribution in [-0.2, 0) is 11.2 Å². The number of carbonyl (C=O) groups is 2. The second-order valence-corrected chi connectivity index (χ2v) is 4.42. The van der Waals surface area contributed by atoms with Crippen molar-refractivity contribution in [3.8, 4) is 0 Å². The molecule has 0 aromatic carbocycles. The van der Waals surface area contributed by atoms with E-state index >= 15 is 0 Å². The molecule has 0 fully saturated rings. The number of aryl methyl sites for hydroxylation is 1. The minimum absolute atomic E-state index is 0.0387. The molecule has 0 saturated heterocycles. The molecule has 1 aromatic rings. The number of aromatic carboxylic acids is 1. The van der Waals surface area contributed by atoms with Crippen LogP contribution in [0.15, 0.2) is 12.1 Å². The minimum atomic E-state index is -0.975. The first-order valence-corrected chi connectivity index (χ1v) is 6.81. The van der Waals surface area contributed by atoms with E-state index < -0.39 is 5.97 Å². The Morgan fingerprint density at radius 3 is 2.65 bits per heavy atom. The lowest BCUT2D eigenvalue weighted by atomic mass is 10.1. The largest absolute Gasteiger partial charge is 0.478 e. The van der Waals surface area contributed by atoms with Gasteiger partial charge in [0.05, 0.1) is 5.56 Å². The number of hydrogen-bond acceptors (Lipinski definition) is 4. The maximum atomic E-state index is 11.3. The molecule has 1 amide bonds. The Labute approximate surface area is 118 Å². The number of hydrogen-bond donors (Lipinski definition) is 3. The zero-order chi connectivity index (χ0) is 15.0. The Morgan fingerprint density at radius 2 is 2.05 bits per heavy atom. The lowest BCUT2D eigenvalue weighted by Crippen LogP contribution is -2.24. The molecular formula is C14H21N3O3. The number of anilines is 1. The van der Waals surface area contributed by atoms with Crippen molar-refractivity contribution in [1.29, 1.82) is 0 Å². The summed E-state index contributed by atoms with van der Waals surface area (Å²) in [5.74, 6) is -0.516. The Bertz CT molecular complexity index is 475. The third-order valence-electron chi connectivity index (χ3n) is 2.66. The van der Waals surface area contributed by atoms with Gasteiger partial charge < -0.3 is 15.7 Å². The Balaban J connectivity index is 2.68. The molecule has 0 aliphatic rings. The lowest BCUT2D eigenvalue weighted by Gasteiger charge is -2.09. The van der Waals surface area contributed by atoms with E-state index in [-0.39, 0.29) is 11.5 Å². The van der Waals surface area contributed by atoms with E-state index in [9.17, 15) is 9.59 Å². The van der Waals surface area contributed by atoms with Crippen molar-refractivity contribution in [2.45, 2.75) is 33.1 Å². The van der Waals surface area contributed by atoms with Crippen LogP contribution in [0.1, 0.15) is 42.7 Å². The number of nitrogens with zero attached hydrogens (tertiary/aromatic N) is 1. The minimum Gasteiger partial charge on any atom is -0.478 e. The number of rotatable bonds is 8. The summed E-state index contributed by atoms with van der Waals surface area (Å²) in [4.78, 5) is 26.7. The third-order valence-corrected chi connectivity index (χ3v) is 2.66. The number of carboxylic acids is 1. The maximum absolute atomic E-state index is 11.3. The molecule has 0 aliphatic heterocycles. The monoisotopic (exact) mass is 279 g/mol. The summed E-state index contributed by atoms with van der Waals surface area (Å²) in [6.07, 6.45) is 1.95. The van der Waals surface area contributed by atoms with Crippen molar-refractivity contribution in [3.63, 3.8) is 0 Å². The fraction of sp³-hybridized carbons (Fsp3) is 0.500. The number of carbonyl (C=O) groups excluding carboxylic acids is 1. The maximum Gasteiger partial charge on any atom is 0.335 e. The fourth-order valence-corrected chi connectivity index (χ4v) is 1.78. The van der Waals surface area contributed by atoms with E-state index in [2.05, 4.69) is 15.6 Å². The van der Waals surface area contributed by atoms with Crippen molar-refractivity contribution >= 4 is 17.7 Å². The van der Waals surface area contributed by atoms with Gasteiger partial charge in [-0.05, 0) is 25.5 Å². The molecule has 20 heavy (non-hydrogen) atoms. The SMILES string of the molecule is CCCc1cc(C(=O)O)cc(NCCC(=O)NCC)n1. The highest BCUT2D eigenvalue weighted by Gasteiger charge is 2.08. The molecule has 3 N–H and O–H groups in total. The second kappa shape index (κ2) is 8.14. The number of amides is 1. The van der Waals surface area contributed by atoms with Gasteiger partial charge in [-0.25, -0.2) is 9.78 Å². The number of nitrogens with one attached hydrogen (secondary N) is 2. The van der Waals surface area contributed by atoms with Crippen LogP contribution in [0.5, 0.6) is 0 Å². The van der Waals surface area contributed by atoms with Gasteiger partial charge in [-0.15, -0.1) is 0 Å². The summed E-state index contributed by atoms with van der Waals surface area (Å²) in [5, 5.41) is 14.8. The second-order valence-electron chi connectivity index (χ2n) is 4.42. The molecule has 0 radical (unpaired) electrons. The molecule has 110 valence electrons. The van der Waals surface area contributed by atoms with Crippen molar-refractivity contribution in [3.05, 3.63) is 23.4 Å². The van der Waals surface area contributed by atoms with Gasteiger partial charge in [0.1, 0.15) is 5.82 Å². The van der Waals surface area contributed by atoms with Gasteiger partial charge in [0.15, 0.2) is 0 Å². The molecule has 1 heterocycles. The zero-order valence-electron chi connectivity index (χ0n) is 11.9. The van der Waals surface area contributed by atoms with Crippen LogP contribution in [0.25, 0.3) is 0 Å². The van der Waals surface area contributed by atoms with Gasteiger partial charge in [0, 0.05) is 25.2 Å². The van der Waals surface area contributed by atoms with Crippen LogP contribution in [0.3, 0.4) is 0 Å². The highest BCUT2D eigenvalue weighted by atomic mass is 16.4. The van der Waals surface area contributed by atoms with Crippen LogP contribution >= 0.6 is 0 Å². The number of carboxylic acid groups (broad SMARTS) is 1. The van der Waals surface area contributed by atoms with Crippen LogP contribution in [0.4, 0.5) is 5.82 Å². The van der Waals surface area contributed by atoms with E-state index in [1.807, 2.05) is 13.8 Å². The Hall–Kier alpha value is -2.11. The van der Waals surface area contributed by atoms with E-state index in [0.29, 0.717) is 25.3 Å². The molecule has 1 aromatic heterocycles. The van der Waals surface area contributed by atoms with Gasteiger partial charge in [0.2, 0.25) is 5.91 Å². The molecule has 1 rings (SSSR count). The normalized spacial score (nSPS) is 10.1. The lowest BCUT2D eigenvalue weighted by molar-refractivity contribution is -0.120. The van der Waals surface area contributed by atoms with E-state index in [1.54, 1.807) is 6.07 Å². The third kappa shape index (κ3) is 5.26. The number of aromatic nitrogens is 1. The molecule has 6 heteroatoms. The highest BCUT2D eigenvalue weighted by Crippen LogP contribution is 2.12. The van der Waals surface area contributed by atoms with E-state index in [1.165, 1.54) is 6.07 Å². The molecule has 0 atom stereocenters. The van der Waals surface area contributed by atoms with Gasteiger partial charge in [-0.1, -0.05) is 13.3 Å². The summed E-state index contributed by atoms with van der Waals surface area (Å²) in [6, 6.07) is 3.07. The van der Waals surface area contributed by atoms with Crippen molar-refractivity contribution in [2.75, 3.05) is 18.4 Å². The summed E-state index contributed by atoms with van der Waals surface area (Å²) in [7, 11) is 0. The van der Waals surface area contributed by atoms with E-state index in [4.69, 9.17) is 5.11 Å². The predicted molar refractivity (Wildman–Crippen MR) is 77.0 cm³/mol. The quantitative estimate of drug-likeness (QED) is 0.673. The molecule has 0 spiro atoms. The van der Waals surface area contributed by atoms with Crippen molar-refractivity contribution in [2.24, 2.45) is 0 Å². The topological polar surface area (TPSA) is 91.3 Å². The van der Waals surface area contributed by atoms with Crippen molar-refractivity contribution in [1.82, 2.24) is 10.3 Å². The van der Waals surface area contributed by atoms with Gasteiger partial charge in [-0.2, -0.15) is 0 Å². The van der Waals surface area contributed by atoms with Crippen LogP contribution in [0, 0.1) is 0 Å². The van der Waals surface area contributed by atoms with Crippen LogP contribution in [-0.4, -0.2) is 35.1 Å². The van der Waals surface area contributed by atoms with Gasteiger partial charge in [-0.3, -0.25) is 4.79 Å². The summed E-state index contributed by atoms with van der Waals surface area (Å²) in [5.41, 5.74) is 0.955. The van der Waals surface area contributed by atoms with Crippen LogP contribution < -0.4 is 10.6 Å². The smallest absolute Gasteiger partial charge is 0.335 e. The highest BCUT2D eigenvalue weighted by molar-refractivity contribution is 5.88. The van der Waals surface area contributed by atoms with Crippen molar-refractivity contribution < 1.29 is 14.7 Å². The summed E-state index contributed by atoms with van der Waals surface area (Å²) < 4.78 is 0. The first-order valence-electron chi connectivity index (χ1n) is 6.81. The first-order chi connectivity index (χ1) is 9.56.